The molecular weight excluding hydrogens is 292 g/mol. The minimum Gasteiger partial charge on any atom is -0.223 e. The highest BCUT2D eigenvalue weighted by molar-refractivity contribution is 7.91. The molecule has 0 atom stereocenters. The smallest absolute Gasteiger partial charge is 0.182 e. The summed E-state index contributed by atoms with van der Waals surface area (Å²) in [6.45, 7) is 5.81. The van der Waals surface area contributed by atoms with E-state index in [-0.39, 0.29) is 5.75 Å². The molecule has 0 aromatic heterocycles. The summed E-state index contributed by atoms with van der Waals surface area (Å²) in [4.78, 5) is 0.361. The molecule has 0 aliphatic carbocycles. The Hall–Kier alpha value is -1.06. The molecule has 0 fully saturated rings. The monoisotopic (exact) mass is 312 g/mol. The largest absolute Gasteiger partial charge is 0.223 e. The molecule has 20 heavy (non-hydrogen) atoms. The van der Waals surface area contributed by atoms with Gasteiger partial charge in [-0.3, -0.25) is 0 Å². The molecule has 0 amide bonds. The molecule has 0 radical (unpaired) electrons. The SMILES string of the molecule is C=C(C)CC/C=C(/CCCl)CS(=O)(=O)c1ccccc1. The zero-order valence-corrected chi connectivity index (χ0v) is 13.4. The molecule has 1 aromatic rings. The maximum absolute atomic E-state index is 12.3. The molecule has 0 heterocycles. The molecule has 0 saturated carbocycles. The second-order valence-corrected chi connectivity index (χ2v) is 7.24. The van der Waals surface area contributed by atoms with E-state index < -0.39 is 9.84 Å². The van der Waals surface area contributed by atoms with Crippen molar-refractivity contribution < 1.29 is 8.42 Å². The van der Waals surface area contributed by atoms with Gasteiger partial charge in [-0.05, 0) is 38.3 Å². The van der Waals surface area contributed by atoms with Gasteiger partial charge in [0.25, 0.3) is 0 Å². The summed E-state index contributed by atoms with van der Waals surface area (Å²) < 4.78 is 24.6. The van der Waals surface area contributed by atoms with Gasteiger partial charge < -0.3 is 0 Å². The maximum Gasteiger partial charge on any atom is 0.182 e. The second-order valence-electron chi connectivity index (χ2n) is 4.87. The summed E-state index contributed by atoms with van der Waals surface area (Å²) >= 11 is 5.76. The normalized spacial score (nSPS) is 12.4. The summed E-state index contributed by atoms with van der Waals surface area (Å²) in [6, 6.07) is 8.53. The van der Waals surface area contributed by atoms with E-state index in [0.717, 1.165) is 24.0 Å². The van der Waals surface area contributed by atoms with Gasteiger partial charge in [0.05, 0.1) is 10.6 Å². The van der Waals surface area contributed by atoms with Crippen molar-refractivity contribution in [1.29, 1.82) is 0 Å². The van der Waals surface area contributed by atoms with Crippen molar-refractivity contribution >= 4 is 21.4 Å². The average Bonchev–Trinajstić information content (AvgIpc) is 2.39. The van der Waals surface area contributed by atoms with Crippen LogP contribution in [-0.4, -0.2) is 20.1 Å². The van der Waals surface area contributed by atoms with Gasteiger partial charge in [-0.2, -0.15) is 0 Å². The third-order valence-electron chi connectivity index (χ3n) is 2.90. The molecule has 0 N–H and O–H groups in total. The van der Waals surface area contributed by atoms with Crippen molar-refractivity contribution in [3.05, 3.63) is 54.1 Å². The molecule has 0 aliphatic heterocycles. The van der Waals surface area contributed by atoms with E-state index in [9.17, 15) is 8.42 Å². The summed E-state index contributed by atoms with van der Waals surface area (Å²) in [5.74, 6) is 0.475. The lowest BCUT2D eigenvalue weighted by Crippen LogP contribution is -2.09. The van der Waals surface area contributed by atoms with E-state index in [0.29, 0.717) is 17.2 Å². The fourth-order valence-corrected chi connectivity index (χ4v) is 3.56. The Labute approximate surface area is 127 Å². The van der Waals surface area contributed by atoms with Crippen LogP contribution in [0.1, 0.15) is 26.2 Å². The van der Waals surface area contributed by atoms with Crippen LogP contribution in [0.2, 0.25) is 0 Å². The first-order valence-electron chi connectivity index (χ1n) is 6.62. The molecule has 1 rings (SSSR count). The number of allylic oxidation sites excluding steroid dienone is 2. The van der Waals surface area contributed by atoms with Crippen LogP contribution in [0.25, 0.3) is 0 Å². The van der Waals surface area contributed by atoms with Crippen molar-refractivity contribution in [3.8, 4) is 0 Å². The lowest BCUT2D eigenvalue weighted by molar-refractivity contribution is 0.597. The number of hydrogen-bond acceptors (Lipinski definition) is 2. The number of benzene rings is 1. The molecule has 0 spiro atoms. The predicted molar refractivity (Wildman–Crippen MR) is 86.0 cm³/mol. The highest BCUT2D eigenvalue weighted by Crippen LogP contribution is 2.17. The number of hydrogen-bond donors (Lipinski definition) is 0. The zero-order chi connectivity index (χ0) is 15.0. The minimum atomic E-state index is -3.28. The Morgan fingerprint density at radius 2 is 1.90 bits per heavy atom. The Bertz CT molecular complexity index is 559. The van der Waals surface area contributed by atoms with Gasteiger partial charge in [-0.15, -0.1) is 18.2 Å². The molecule has 110 valence electrons. The Kier molecular flexibility index (Phi) is 7.03. The van der Waals surface area contributed by atoms with Crippen molar-refractivity contribution in [1.82, 2.24) is 0 Å². The molecule has 0 aliphatic rings. The zero-order valence-electron chi connectivity index (χ0n) is 11.8. The van der Waals surface area contributed by atoms with Gasteiger partial charge in [0.1, 0.15) is 0 Å². The van der Waals surface area contributed by atoms with Gasteiger partial charge in [0.15, 0.2) is 9.84 Å². The van der Waals surface area contributed by atoms with E-state index in [4.69, 9.17) is 11.6 Å². The van der Waals surface area contributed by atoms with E-state index in [1.54, 1.807) is 30.3 Å². The molecule has 1 aromatic carbocycles. The predicted octanol–water partition coefficient (Wildman–Crippen LogP) is 4.37. The lowest BCUT2D eigenvalue weighted by atomic mass is 10.1. The van der Waals surface area contributed by atoms with E-state index >= 15 is 0 Å². The summed E-state index contributed by atoms with van der Waals surface area (Å²) in [7, 11) is -3.28. The quantitative estimate of drug-likeness (QED) is 0.527. The van der Waals surface area contributed by atoms with Crippen LogP contribution in [0.5, 0.6) is 0 Å². The van der Waals surface area contributed by atoms with E-state index in [1.807, 2.05) is 13.0 Å². The Balaban J connectivity index is 2.82. The van der Waals surface area contributed by atoms with E-state index in [1.165, 1.54) is 0 Å². The number of rotatable bonds is 8. The van der Waals surface area contributed by atoms with Gasteiger partial charge in [-0.25, -0.2) is 8.42 Å². The molecule has 0 bridgehead atoms. The molecule has 0 saturated heterocycles. The Morgan fingerprint density at radius 1 is 1.25 bits per heavy atom. The van der Waals surface area contributed by atoms with Crippen LogP contribution in [-0.2, 0) is 9.84 Å². The third-order valence-corrected chi connectivity index (χ3v) is 4.83. The van der Waals surface area contributed by atoms with Gasteiger partial charge in [0, 0.05) is 5.88 Å². The highest BCUT2D eigenvalue weighted by Gasteiger charge is 2.15. The Morgan fingerprint density at radius 3 is 2.45 bits per heavy atom. The van der Waals surface area contributed by atoms with Gasteiger partial charge in [0.2, 0.25) is 0 Å². The topological polar surface area (TPSA) is 34.1 Å². The van der Waals surface area contributed by atoms with Crippen molar-refractivity contribution in [3.63, 3.8) is 0 Å². The van der Waals surface area contributed by atoms with Crippen LogP contribution in [0.15, 0.2) is 59.0 Å². The fourth-order valence-electron chi connectivity index (χ4n) is 1.83. The first-order valence-corrected chi connectivity index (χ1v) is 8.80. The van der Waals surface area contributed by atoms with Crippen LogP contribution in [0.4, 0.5) is 0 Å². The maximum atomic E-state index is 12.3. The first-order chi connectivity index (χ1) is 9.45. The second kappa shape index (κ2) is 8.28. The van der Waals surface area contributed by atoms with Gasteiger partial charge >= 0.3 is 0 Å². The first kappa shape index (κ1) is 17.0. The fraction of sp³-hybridized carbons (Fsp3) is 0.375. The third kappa shape index (κ3) is 5.93. The molecule has 0 unspecified atom stereocenters. The summed E-state index contributed by atoms with van der Waals surface area (Å²) in [6.07, 6.45) is 4.27. The van der Waals surface area contributed by atoms with Gasteiger partial charge in [-0.1, -0.05) is 35.4 Å². The van der Waals surface area contributed by atoms with Crippen LogP contribution in [0.3, 0.4) is 0 Å². The molecule has 4 heteroatoms. The van der Waals surface area contributed by atoms with Crippen molar-refractivity contribution in [2.45, 2.75) is 31.1 Å². The summed E-state index contributed by atoms with van der Waals surface area (Å²) in [5.41, 5.74) is 1.97. The van der Waals surface area contributed by atoms with E-state index in [2.05, 4.69) is 6.58 Å². The number of sulfone groups is 1. The van der Waals surface area contributed by atoms with Crippen molar-refractivity contribution in [2.24, 2.45) is 0 Å². The summed E-state index contributed by atoms with van der Waals surface area (Å²) in [5, 5.41) is 0. The average molecular weight is 313 g/mol. The highest BCUT2D eigenvalue weighted by atomic mass is 35.5. The number of alkyl halides is 1. The van der Waals surface area contributed by atoms with Crippen LogP contribution >= 0.6 is 11.6 Å². The molecule has 2 nitrogen and oxygen atoms in total. The van der Waals surface area contributed by atoms with Crippen LogP contribution in [0, 0.1) is 0 Å². The standard InChI is InChI=1S/C16H21ClO2S/c1-14(2)7-6-8-15(11-12-17)13-20(18,19)16-9-4-3-5-10-16/h3-5,8-10H,1,6-7,11-13H2,2H3/b15-8-. The van der Waals surface area contributed by atoms with Crippen LogP contribution < -0.4 is 0 Å². The van der Waals surface area contributed by atoms with Crippen molar-refractivity contribution in [2.75, 3.05) is 11.6 Å². The lowest BCUT2D eigenvalue weighted by Gasteiger charge is -2.08. The minimum absolute atomic E-state index is 0.0416. The number of halogens is 1. The molecular formula is C16H21ClO2S.